The topological polar surface area (TPSA) is 76.2 Å². The van der Waals surface area contributed by atoms with Gasteiger partial charge >= 0.3 is 0 Å². The van der Waals surface area contributed by atoms with Gasteiger partial charge in [-0.25, -0.2) is 0 Å². The van der Waals surface area contributed by atoms with Gasteiger partial charge in [-0.15, -0.1) is 10.2 Å². The van der Waals surface area contributed by atoms with E-state index >= 15 is 0 Å². The lowest BCUT2D eigenvalue weighted by Gasteiger charge is -2.17. The van der Waals surface area contributed by atoms with E-state index < -0.39 is 0 Å². The first-order valence-corrected chi connectivity index (χ1v) is 10.3. The summed E-state index contributed by atoms with van der Waals surface area (Å²) in [5, 5.41) is 11.6. The van der Waals surface area contributed by atoms with E-state index in [9.17, 15) is 4.79 Å². The molecule has 0 fully saturated rings. The number of hydrogen-bond acceptors (Lipinski definition) is 5. The smallest absolute Gasteiger partial charge is 0.255 e. The highest BCUT2D eigenvalue weighted by atomic mass is 16.3. The van der Waals surface area contributed by atoms with Gasteiger partial charge < -0.3 is 14.3 Å². The molecule has 7 nitrogen and oxygen atoms in total. The molecule has 1 aromatic carbocycles. The lowest BCUT2D eigenvalue weighted by molar-refractivity contribution is 0.0948. The molecule has 4 rings (SSSR count). The number of furan rings is 1. The Balaban J connectivity index is 1.33. The van der Waals surface area contributed by atoms with Crippen molar-refractivity contribution in [1.82, 2.24) is 25.0 Å². The highest BCUT2D eigenvalue weighted by Crippen LogP contribution is 2.14. The van der Waals surface area contributed by atoms with Gasteiger partial charge in [-0.1, -0.05) is 42.5 Å². The number of hydrogen-bond donors (Lipinski definition) is 1. The minimum Gasteiger partial charge on any atom is -0.466 e. The van der Waals surface area contributed by atoms with Crippen LogP contribution in [0.15, 0.2) is 46.9 Å². The van der Waals surface area contributed by atoms with Gasteiger partial charge in [0, 0.05) is 32.6 Å². The molecule has 0 spiro atoms. The molecule has 0 saturated carbocycles. The fraction of sp³-hybridized carbons (Fsp3) is 0.348. The standard InChI is InChI=1S/C23H27N5O2/c1-17-15-20(18(2)30-17)23(29)24-16-22-26-25-21-10-12-27(13-14-28(21)22)11-6-9-19-7-4-3-5-8-19/h3-9,15H,10-14,16H2,1-2H3,(H,24,29)/b9-6+. The van der Waals surface area contributed by atoms with Crippen LogP contribution in [-0.2, 0) is 19.5 Å². The zero-order valence-corrected chi connectivity index (χ0v) is 17.5. The third-order valence-corrected chi connectivity index (χ3v) is 5.36. The molecule has 0 bridgehead atoms. The number of amides is 1. The molecule has 1 aliphatic rings. The summed E-state index contributed by atoms with van der Waals surface area (Å²) in [6, 6.07) is 12.1. The number of fused-ring (bicyclic) bond motifs is 1. The van der Waals surface area contributed by atoms with Crippen LogP contribution in [0, 0.1) is 13.8 Å². The lowest BCUT2D eigenvalue weighted by Crippen LogP contribution is -2.28. The largest absolute Gasteiger partial charge is 0.466 e. The number of benzene rings is 1. The predicted molar refractivity (Wildman–Crippen MR) is 115 cm³/mol. The minimum absolute atomic E-state index is 0.150. The van der Waals surface area contributed by atoms with E-state index in [1.165, 1.54) is 5.56 Å². The van der Waals surface area contributed by atoms with E-state index in [0.717, 1.165) is 50.0 Å². The van der Waals surface area contributed by atoms with E-state index in [0.29, 0.717) is 17.9 Å². The molecule has 30 heavy (non-hydrogen) atoms. The molecule has 0 atom stereocenters. The van der Waals surface area contributed by atoms with Crippen LogP contribution in [0.4, 0.5) is 0 Å². The molecule has 3 aromatic rings. The van der Waals surface area contributed by atoms with Crippen LogP contribution in [0.2, 0.25) is 0 Å². The van der Waals surface area contributed by atoms with Gasteiger partial charge in [-0.2, -0.15) is 0 Å². The van der Waals surface area contributed by atoms with Crippen molar-refractivity contribution in [2.24, 2.45) is 0 Å². The molecular weight excluding hydrogens is 378 g/mol. The number of aryl methyl sites for hydroxylation is 2. The number of carbonyl (C=O) groups excluding carboxylic acids is 1. The van der Waals surface area contributed by atoms with E-state index in [2.05, 4.69) is 49.3 Å². The molecule has 0 unspecified atom stereocenters. The van der Waals surface area contributed by atoms with Gasteiger partial charge in [0.05, 0.1) is 12.1 Å². The van der Waals surface area contributed by atoms with Gasteiger partial charge in [-0.3, -0.25) is 9.69 Å². The lowest BCUT2D eigenvalue weighted by atomic mass is 10.2. The quantitative estimate of drug-likeness (QED) is 0.682. The Morgan fingerprint density at radius 1 is 1.17 bits per heavy atom. The molecular formula is C23H27N5O2. The van der Waals surface area contributed by atoms with Crippen molar-refractivity contribution in [3.8, 4) is 0 Å². The first kappa shape index (κ1) is 20.1. The fourth-order valence-electron chi connectivity index (χ4n) is 3.75. The zero-order valence-electron chi connectivity index (χ0n) is 17.5. The highest BCUT2D eigenvalue weighted by molar-refractivity contribution is 5.95. The second-order valence-corrected chi connectivity index (χ2v) is 7.56. The average molecular weight is 406 g/mol. The molecule has 1 amide bonds. The molecule has 3 heterocycles. The summed E-state index contributed by atoms with van der Waals surface area (Å²) in [5.74, 6) is 2.98. The van der Waals surface area contributed by atoms with Crippen LogP contribution in [0.3, 0.4) is 0 Å². The number of aromatic nitrogens is 3. The summed E-state index contributed by atoms with van der Waals surface area (Å²) >= 11 is 0. The summed E-state index contributed by atoms with van der Waals surface area (Å²) in [5.41, 5.74) is 1.78. The minimum atomic E-state index is -0.150. The molecule has 0 radical (unpaired) electrons. The normalized spacial score (nSPS) is 14.6. The van der Waals surface area contributed by atoms with Crippen molar-refractivity contribution < 1.29 is 9.21 Å². The van der Waals surface area contributed by atoms with Crippen molar-refractivity contribution in [3.05, 3.63) is 76.8 Å². The van der Waals surface area contributed by atoms with Gasteiger partial charge in [-0.05, 0) is 25.5 Å². The maximum absolute atomic E-state index is 12.5. The molecule has 7 heteroatoms. The first-order valence-electron chi connectivity index (χ1n) is 10.3. The van der Waals surface area contributed by atoms with Crippen LogP contribution in [0.1, 0.15) is 39.1 Å². The maximum Gasteiger partial charge on any atom is 0.255 e. The van der Waals surface area contributed by atoms with E-state index in [1.807, 2.05) is 25.1 Å². The first-order chi connectivity index (χ1) is 14.6. The van der Waals surface area contributed by atoms with Crippen LogP contribution in [-0.4, -0.2) is 45.2 Å². The Hall–Kier alpha value is -3.19. The molecule has 156 valence electrons. The van der Waals surface area contributed by atoms with Gasteiger partial charge in [0.15, 0.2) is 5.82 Å². The molecule has 2 aromatic heterocycles. The third-order valence-electron chi connectivity index (χ3n) is 5.36. The van der Waals surface area contributed by atoms with Crippen molar-refractivity contribution in [3.63, 3.8) is 0 Å². The second kappa shape index (κ2) is 9.09. The molecule has 0 aliphatic carbocycles. The van der Waals surface area contributed by atoms with E-state index in [4.69, 9.17) is 4.42 Å². The highest BCUT2D eigenvalue weighted by Gasteiger charge is 2.19. The summed E-state index contributed by atoms with van der Waals surface area (Å²) < 4.78 is 7.58. The van der Waals surface area contributed by atoms with Gasteiger partial charge in [0.25, 0.3) is 5.91 Å². The summed E-state index contributed by atoms with van der Waals surface area (Å²) in [6.07, 6.45) is 5.21. The number of nitrogens with one attached hydrogen (secondary N) is 1. The Morgan fingerprint density at radius 2 is 2.00 bits per heavy atom. The Kier molecular flexibility index (Phi) is 6.09. The predicted octanol–water partition coefficient (Wildman–Crippen LogP) is 2.99. The summed E-state index contributed by atoms with van der Waals surface area (Å²) in [4.78, 5) is 14.9. The van der Waals surface area contributed by atoms with Gasteiger partial charge in [0.2, 0.25) is 0 Å². The monoisotopic (exact) mass is 405 g/mol. The summed E-state index contributed by atoms with van der Waals surface area (Å²) in [6.45, 7) is 7.56. The van der Waals surface area contributed by atoms with E-state index in [1.54, 1.807) is 13.0 Å². The van der Waals surface area contributed by atoms with Crippen LogP contribution >= 0.6 is 0 Å². The van der Waals surface area contributed by atoms with Gasteiger partial charge in [0.1, 0.15) is 17.3 Å². The number of nitrogens with zero attached hydrogens (tertiary/aromatic N) is 4. The van der Waals surface area contributed by atoms with Crippen molar-refractivity contribution in [2.45, 2.75) is 33.4 Å². The number of rotatable bonds is 6. The molecule has 1 N–H and O–H groups in total. The Bertz CT molecular complexity index is 1040. The van der Waals surface area contributed by atoms with Crippen LogP contribution < -0.4 is 5.32 Å². The second-order valence-electron chi connectivity index (χ2n) is 7.56. The van der Waals surface area contributed by atoms with E-state index in [-0.39, 0.29) is 5.91 Å². The number of carbonyl (C=O) groups is 1. The van der Waals surface area contributed by atoms with Crippen molar-refractivity contribution >= 4 is 12.0 Å². The third kappa shape index (κ3) is 4.68. The zero-order chi connectivity index (χ0) is 20.9. The summed E-state index contributed by atoms with van der Waals surface area (Å²) in [7, 11) is 0. The fourth-order valence-corrected chi connectivity index (χ4v) is 3.75. The average Bonchev–Trinajstić information content (AvgIpc) is 3.23. The van der Waals surface area contributed by atoms with Crippen molar-refractivity contribution in [1.29, 1.82) is 0 Å². The maximum atomic E-state index is 12.5. The Labute approximate surface area is 176 Å². The molecule has 1 aliphatic heterocycles. The van der Waals surface area contributed by atoms with Crippen molar-refractivity contribution in [2.75, 3.05) is 19.6 Å². The SMILES string of the molecule is Cc1cc(C(=O)NCc2nnc3n2CCN(C/C=C/c2ccccc2)CC3)c(C)o1. The van der Waals surface area contributed by atoms with Crippen LogP contribution in [0.25, 0.3) is 6.08 Å². The van der Waals surface area contributed by atoms with Crippen LogP contribution in [0.5, 0.6) is 0 Å². The Morgan fingerprint density at radius 3 is 2.77 bits per heavy atom. The molecule has 0 saturated heterocycles.